The van der Waals surface area contributed by atoms with Crippen molar-refractivity contribution in [1.82, 2.24) is 9.59 Å². The van der Waals surface area contributed by atoms with Crippen LogP contribution in [0.5, 0.6) is 5.75 Å². The molecule has 7 heteroatoms. The molecular weight excluding hydrogens is 358 g/mol. The molecule has 0 atom stereocenters. The average molecular weight is 374 g/mol. The summed E-state index contributed by atoms with van der Waals surface area (Å²) < 4.78 is 9.39. The van der Waals surface area contributed by atoms with Crippen molar-refractivity contribution in [1.29, 1.82) is 0 Å². The fourth-order valence-corrected chi connectivity index (χ4v) is 2.97. The summed E-state index contributed by atoms with van der Waals surface area (Å²) in [6.45, 7) is 3.74. The molecule has 1 aromatic heterocycles. The van der Waals surface area contributed by atoms with Crippen molar-refractivity contribution >= 4 is 34.7 Å². The Balaban J connectivity index is 1.57. The zero-order valence-electron chi connectivity index (χ0n) is 13.7. The fourth-order valence-electron chi connectivity index (χ4n) is 2.35. The predicted molar refractivity (Wildman–Crippen MR) is 100 cm³/mol. The second kappa shape index (κ2) is 7.63. The lowest BCUT2D eigenvalue weighted by atomic mass is 10.1. The number of halogens is 1. The van der Waals surface area contributed by atoms with Crippen molar-refractivity contribution in [2.24, 2.45) is 0 Å². The van der Waals surface area contributed by atoms with Crippen molar-refractivity contribution in [3.8, 4) is 16.2 Å². The van der Waals surface area contributed by atoms with Crippen LogP contribution in [-0.2, 0) is 4.79 Å². The van der Waals surface area contributed by atoms with E-state index in [1.54, 1.807) is 6.20 Å². The molecule has 0 saturated carbocycles. The van der Waals surface area contributed by atoms with Crippen molar-refractivity contribution in [3.63, 3.8) is 0 Å². The second-order valence-electron chi connectivity index (χ2n) is 5.57. The largest absolute Gasteiger partial charge is 0.484 e. The summed E-state index contributed by atoms with van der Waals surface area (Å²) in [7, 11) is 0. The lowest BCUT2D eigenvalue weighted by Crippen LogP contribution is -2.20. The zero-order valence-corrected chi connectivity index (χ0v) is 15.3. The maximum Gasteiger partial charge on any atom is 0.262 e. The van der Waals surface area contributed by atoms with Crippen LogP contribution in [0.2, 0.25) is 5.02 Å². The first-order chi connectivity index (χ1) is 12.0. The van der Waals surface area contributed by atoms with Gasteiger partial charge in [-0.15, -0.1) is 5.10 Å². The minimum Gasteiger partial charge on any atom is -0.484 e. The molecule has 3 rings (SSSR count). The van der Waals surface area contributed by atoms with E-state index in [1.807, 2.05) is 50.2 Å². The van der Waals surface area contributed by atoms with Crippen LogP contribution in [0.1, 0.15) is 11.1 Å². The van der Waals surface area contributed by atoms with Gasteiger partial charge in [-0.1, -0.05) is 28.2 Å². The predicted octanol–water partition coefficient (Wildman–Crippen LogP) is 4.49. The van der Waals surface area contributed by atoms with Crippen LogP contribution in [0.4, 0.5) is 5.69 Å². The van der Waals surface area contributed by atoms with E-state index in [9.17, 15) is 4.79 Å². The number of nitrogens with one attached hydrogen (secondary N) is 1. The second-order valence-corrected chi connectivity index (χ2v) is 6.73. The van der Waals surface area contributed by atoms with Crippen LogP contribution in [0, 0.1) is 13.8 Å². The average Bonchev–Trinajstić information content (AvgIpc) is 3.13. The van der Waals surface area contributed by atoms with E-state index in [4.69, 9.17) is 16.3 Å². The maximum absolute atomic E-state index is 12.1. The van der Waals surface area contributed by atoms with Gasteiger partial charge >= 0.3 is 0 Å². The molecule has 0 saturated heterocycles. The zero-order chi connectivity index (χ0) is 17.8. The first-order valence-corrected chi connectivity index (χ1v) is 8.75. The number of nitrogens with zero attached hydrogens (tertiary/aromatic N) is 2. The molecule has 0 bridgehead atoms. The third-order valence-corrected chi connectivity index (χ3v) is 4.90. The van der Waals surface area contributed by atoms with Gasteiger partial charge in [0.2, 0.25) is 0 Å². The smallest absolute Gasteiger partial charge is 0.262 e. The Labute approximate surface area is 154 Å². The monoisotopic (exact) mass is 373 g/mol. The molecule has 0 spiro atoms. The highest BCUT2D eigenvalue weighted by molar-refractivity contribution is 7.09. The normalized spacial score (nSPS) is 10.5. The molecule has 0 fully saturated rings. The number of anilines is 1. The Hall–Kier alpha value is -2.44. The van der Waals surface area contributed by atoms with E-state index >= 15 is 0 Å². The summed E-state index contributed by atoms with van der Waals surface area (Å²) in [5.74, 6) is 0.403. The van der Waals surface area contributed by atoms with Crippen LogP contribution in [0.3, 0.4) is 0 Å². The van der Waals surface area contributed by atoms with Crippen LogP contribution >= 0.6 is 23.1 Å². The number of aromatic nitrogens is 2. The number of benzene rings is 2. The molecule has 0 radical (unpaired) electrons. The summed E-state index contributed by atoms with van der Waals surface area (Å²) in [6.07, 6.45) is 1.71. The molecule has 0 unspecified atom stereocenters. The first-order valence-electron chi connectivity index (χ1n) is 7.60. The first kappa shape index (κ1) is 17.4. The molecule has 5 nitrogen and oxygen atoms in total. The standard InChI is InChI=1S/C18H16ClN3O2S/c1-11-7-15(8-12(2)18(11)19)24-10-17(23)21-14-5-3-13(4-6-14)16-9-20-22-25-16/h3-9H,10H2,1-2H3,(H,21,23). The molecular formula is C18H16ClN3O2S. The molecule has 3 aromatic rings. The number of hydrogen-bond donors (Lipinski definition) is 1. The van der Waals surface area contributed by atoms with Gasteiger partial charge in [0.15, 0.2) is 6.61 Å². The Morgan fingerprint density at radius 1 is 1.20 bits per heavy atom. The van der Waals surface area contributed by atoms with Crippen LogP contribution in [0.25, 0.3) is 10.4 Å². The van der Waals surface area contributed by atoms with Crippen LogP contribution < -0.4 is 10.1 Å². The molecule has 1 N–H and O–H groups in total. The van der Waals surface area contributed by atoms with E-state index in [2.05, 4.69) is 14.9 Å². The number of amides is 1. The molecule has 25 heavy (non-hydrogen) atoms. The molecule has 0 aliphatic heterocycles. The summed E-state index contributed by atoms with van der Waals surface area (Å²) in [4.78, 5) is 13.0. The van der Waals surface area contributed by atoms with Gasteiger partial charge in [-0.2, -0.15) is 0 Å². The Kier molecular flexibility index (Phi) is 5.31. The van der Waals surface area contributed by atoms with Crippen molar-refractivity contribution in [3.05, 3.63) is 58.7 Å². The van der Waals surface area contributed by atoms with E-state index < -0.39 is 0 Å². The topological polar surface area (TPSA) is 64.1 Å². The van der Waals surface area contributed by atoms with Crippen LogP contribution in [-0.4, -0.2) is 22.1 Å². The molecule has 2 aromatic carbocycles. The lowest BCUT2D eigenvalue weighted by molar-refractivity contribution is -0.118. The third-order valence-electron chi connectivity index (χ3n) is 3.59. The van der Waals surface area contributed by atoms with Gasteiger partial charge in [0.25, 0.3) is 5.91 Å². The number of aryl methyl sites for hydroxylation is 2. The number of carbonyl (C=O) groups excluding carboxylic acids is 1. The maximum atomic E-state index is 12.1. The summed E-state index contributed by atoms with van der Waals surface area (Å²) >= 11 is 7.45. The Bertz CT molecular complexity index is 857. The molecule has 128 valence electrons. The van der Waals surface area contributed by atoms with Gasteiger partial charge in [-0.3, -0.25) is 4.79 Å². The van der Waals surface area contributed by atoms with E-state index in [0.29, 0.717) is 16.5 Å². The molecule has 1 heterocycles. The number of hydrogen-bond acceptors (Lipinski definition) is 5. The lowest BCUT2D eigenvalue weighted by Gasteiger charge is -2.10. The fraction of sp³-hybridized carbons (Fsp3) is 0.167. The van der Waals surface area contributed by atoms with Gasteiger partial charge < -0.3 is 10.1 Å². The van der Waals surface area contributed by atoms with E-state index in [0.717, 1.165) is 21.6 Å². The molecule has 1 amide bonds. The number of ether oxygens (including phenoxy) is 1. The van der Waals surface area contributed by atoms with Crippen molar-refractivity contribution in [2.75, 3.05) is 11.9 Å². The van der Waals surface area contributed by atoms with Crippen molar-refractivity contribution < 1.29 is 9.53 Å². The van der Waals surface area contributed by atoms with Crippen LogP contribution in [0.15, 0.2) is 42.6 Å². The van der Waals surface area contributed by atoms with E-state index in [1.165, 1.54) is 11.5 Å². The highest BCUT2D eigenvalue weighted by atomic mass is 35.5. The van der Waals surface area contributed by atoms with Gasteiger partial charge in [-0.05, 0) is 66.3 Å². The molecule has 0 aliphatic rings. The quantitative estimate of drug-likeness (QED) is 0.715. The van der Waals surface area contributed by atoms with Gasteiger partial charge in [0.1, 0.15) is 5.75 Å². The minimum atomic E-state index is -0.225. The van der Waals surface area contributed by atoms with Gasteiger partial charge in [0, 0.05) is 10.7 Å². The Morgan fingerprint density at radius 3 is 2.48 bits per heavy atom. The van der Waals surface area contributed by atoms with Gasteiger partial charge in [0.05, 0.1) is 11.1 Å². The Morgan fingerprint density at radius 2 is 1.88 bits per heavy atom. The van der Waals surface area contributed by atoms with Gasteiger partial charge in [-0.25, -0.2) is 0 Å². The van der Waals surface area contributed by atoms with E-state index in [-0.39, 0.29) is 12.5 Å². The molecule has 0 aliphatic carbocycles. The SMILES string of the molecule is Cc1cc(OCC(=O)Nc2ccc(-c3cnns3)cc2)cc(C)c1Cl. The van der Waals surface area contributed by atoms with Crippen molar-refractivity contribution in [2.45, 2.75) is 13.8 Å². The third kappa shape index (κ3) is 4.35. The highest BCUT2D eigenvalue weighted by Gasteiger charge is 2.08. The number of rotatable bonds is 5. The summed E-state index contributed by atoms with van der Waals surface area (Å²) in [5, 5.41) is 7.34. The number of carbonyl (C=O) groups is 1. The summed E-state index contributed by atoms with van der Waals surface area (Å²) in [6, 6.07) is 11.1. The highest BCUT2D eigenvalue weighted by Crippen LogP contribution is 2.26. The summed E-state index contributed by atoms with van der Waals surface area (Å²) in [5.41, 5.74) is 3.56. The minimum absolute atomic E-state index is 0.0684.